The van der Waals surface area contributed by atoms with E-state index in [0.717, 1.165) is 10.4 Å². The van der Waals surface area contributed by atoms with Gasteiger partial charge in [-0.1, -0.05) is 6.08 Å². The third kappa shape index (κ3) is 3.36. The van der Waals surface area contributed by atoms with Gasteiger partial charge in [-0.3, -0.25) is 0 Å². The van der Waals surface area contributed by atoms with E-state index >= 15 is 0 Å². The molecule has 0 aromatic carbocycles. The van der Waals surface area contributed by atoms with Crippen LogP contribution >= 0.6 is 11.6 Å². The molecule has 0 bridgehead atoms. The Morgan fingerprint density at radius 3 is 2.44 bits per heavy atom. The lowest BCUT2D eigenvalue weighted by Gasteiger charge is -2.26. The fourth-order valence-corrected chi connectivity index (χ4v) is 3.10. The van der Waals surface area contributed by atoms with Gasteiger partial charge in [0, 0.05) is 24.5 Å². The third-order valence-corrected chi connectivity index (χ3v) is 4.52. The molecule has 8 heteroatoms. The van der Waals surface area contributed by atoms with Crippen LogP contribution in [0.2, 0.25) is 0 Å². The van der Waals surface area contributed by atoms with Crippen molar-refractivity contribution in [1.29, 1.82) is 0 Å². The molecule has 1 aliphatic heterocycles. The second-order valence-electron chi connectivity index (χ2n) is 3.34. The Kier molecular flexibility index (Phi) is 4.25. The molecule has 0 amide bonds. The van der Waals surface area contributed by atoms with Crippen molar-refractivity contribution in [3.05, 3.63) is 11.6 Å². The van der Waals surface area contributed by atoms with Crippen molar-refractivity contribution in [2.45, 2.75) is 12.6 Å². The number of rotatable bonds is 3. The highest BCUT2D eigenvalue weighted by molar-refractivity contribution is 7.89. The summed E-state index contributed by atoms with van der Waals surface area (Å²) in [5, 5.41) is 0. The molecular weight excluding hydrogens is 267 g/mol. The van der Waals surface area contributed by atoms with Gasteiger partial charge >= 0.3 is 6.18 Å². The number of sulfonamides is 1. The van der Waals surface area contributed by atoms with Crippen LogP contribution < -0.4 is 0 Å². The van der Waals surface area contributed by atoms with Crippen molar-refractivity contribution in [3.63, 3.8) is 0 Å². The highest BCUT2D eigenvalue weighted by atomic mass is 35.5. The van der Waals surface area contributed by atoms with E-state index in [-0.39, 0.29) is 31.1 Å². The Balaban J connectivity index is 2.72. The Labute approximate surface area is 96.9 Å². The smallest absolute Gasteiger partial charge is 0.212 e. The number of hydrogen-bond donors (Lipinski definition) is 0. The van der Waals surface area contributed by atoms with Gasteiger partial charge in [0.25, 0.3) is 0 Å². The minimum atomic E-state index is -4.36. The summed E-state index contributed by atoms with van der Waals surface area (Å²) in [6.07, 6.45) is -3.75. The molecule has 0 N–H and O–H groups in total. The topological polar surface area (TPSA) is 37.4 Å². The van der Waals surface area contributed by atoms with Crippen molar-refractivity contribution in [1.82, 2.24) is 4.31 Å². The predicted octanol–water partition coefficient (Wildman–Crippen LogP) is 1.75. The number of nitrogens with zero attached hydrogens (tertiary/aromatic N) is 1. The molecule has 0 fully saturated rings. The van der Waals surface area contributed by atoms with Crippen molar-refractivity contribution in [2.75, 3.05) is 24.7 Å². The van der Waals surface area contributed by atoms with Gasteiger partial charge in [-0.2, -0.15) is 17.5 Å². The molecule has 16 heavy (non-hydrogen) atoms. The van der Waals surface area contributed by atoms with Crippen LogP contribution in [0, 0.1) is 0 Å². The van der Waals surface area contributed by atoms with Crippen LogP contribution in [0.1, 0.15) is 6.42 Å². The molecule has 1 aliphatic rings. The van der Waals surface area contributed by atoms with Crippen molar-refractivity contribution in [2.24, 2.45) is 0 Å². The number of halogens is 4. The molecule has 0 spiro atoms. The first-order chi connectivity index (χ1) is 7.27. The van der Waals surface area contributed by atoms with Gasteiger partial charge in [0.1, 0.15) is 0 Å². The summed E-state index contributed by atoms with van der Waals surface area (Å²) in [6.45, 7) is -0.362. The number of hydrogen-bond acceptors (Lipinski definition) is 2. The lowest BCUT2D eigenvalue weighted by molar-refractivity contribution is -0.0953. The van der Waals surface area contributed by atoms with Crippen LogP contribution in [0.15, 0.2) is 11.6 Å². The van der Waals surface area contributed by atoms with E-state index < -0.39 is 21.8 Å². The molecule has 0 saturated heterocycles. The Morgan fingerprint density at radius 2 is 2.06 bits per heavy atom. The average molecular weight is 278 g/mol. The molecule has 0 radical (unpaired) electrons. The fraction of sp³-hybridized carbons (Fsp3) is 0.750. The molecule has 0 aromatic rings. The van der Waals surface area contributed by atoms with E-state index in [1.54, 1.807) is 0 Å². The normalized spacial score (nSPS) is 19.6. The summed E-state index contributed by atoms with van der Waals surface area (Å²) < 4.78 is 60.7. The molecule has 94 valence electrons. The van der Waals surface area contributed by atoms with E-state index in [1.165, 1.54) is 0 Å². The second kappa shape index (κ2) is 4.93. The molecule has 1 heterocycles. The summed E-state index contributed by atoms with van der Waals surface area (Å²) >= 11 is 5.31. The van der Waals surface area contributed by atoms with Gasteiger partial charge in [-0.15, -0.1) is 11.6 Å². The van der Waals surface area contributed by atoms with Crippen LogP contribution in [0.4, 0.5) is 13.2 Å². The van der Waals surface area contributed by atoms with Crippen LogP contribution in [0.3, 0.4) is 0 Å². The maximum Gasteiger partial charge on any atom is 0.412 e. The summed E-state index contributed by atoms with van der Waals surface area (Å²) in [5.41, 5.74) is -0.662. The average Bonchev–Trinajstić information content (AvgIpc) is 2.16. The van der Waals surface area contributed by atoms with Gasteiger partial charge in [0.2, 0.25) is 10.0 Å². The van der Waals surface area contributed by atoms with Crippen LogP contribution in [0.5, 0.6) is 0 Å². The lowest BCUT2D eigenvalue weighted by Crippen LogP contribution is -2.38. The van der Waals surface area contributed by atoms with Crippen molar-refractivity contribution in [3.8, 4) is 0 Å². The quantitative estimate of drug-likeness (QED) is 0.582. The summed E-state index contributed by atoms with van der Waals surface area (Å²) in [6, 6.07) is 0. The van der Waals surface area contributed by atoms with Gasteiger partial charge in [-0.25, -0.2) is 8.42 Å². The van der Waals surface area contributed by atoms with E-state index in [1.807, 2.05) is 0 Å². The molecule has 0 aromatic heterocycles. The van der Waals surface area contributed by atoms with Crippen molar-refractivity contribution >= 4 is 21.6 Å². The predicted molar refractivity (Wildman–Crippen MR) is 54.8 cm³/mol. The Hall–Kier alpha value is -0.270. The van der Waals surface area contributed by atoms with E-state index in [0.29, 0.717) is 0 Å². The van der Waals surface area contributed by atoms with Crippen LogP contribution in [-0.4, -0.2) is 43.6 Å². The highest BCUT2D eigenvalue weighted by Gasteiger charge is 2.36. The molecule has 0 aliphatic carbocycles. The third-order valence-electron chi connectivity index (χ3n) is 2.26. The largest absolute Gasteiger partial charge is 0.412 e. The molecule has 0 atom stereocenters. The maximum absolute atomic E-state index is 12.3. The highest BCUT2D eigenvalue weighted by Crippen LogP contribution is 2.30. The summed E-state index contributed by atoms with van der Waals surface area (Å²) in [7, 11) is -3.51. The van der Waals surface area contributed by atoms with Crippen LogP contribution in [-0.2, 0) is 10.0 Å². The minimum absolute atomic E-state index is 0.0608. The van der Waals surface area contributed by atoms with Gasteiger partial charge in [-0.05, 0) is 6.42 Å². The van der Waals surface area contributed by atoms with E-state index in [4.69, 9.17) is 11.6 Å². The molecule has 1 rings (SSSR count). The summed E-state index contributed by atoms with van der Waals surface area (Å²) in [4.78, 5) is 0. The SMILES string of the molecule is O=S(=O)(CCCl)N1CC=C(C(F)(F)F)CC1. The van der Waals surface area contributed by atoms with Gasteiger partial charge < -0.3 is 0 Å². The molecular formula is C8H11ClF3NO2S. The zero-order valence-electron chi connectivity index (χ0n) is 8.30. The minimum Gasteiger partial charge on any atom is -0.212 e. The first-order valence-electron chi connectivity index (χ1n) is 4.57. The Bertz CT molecular complexity index is 377. The molecule has 0 saturated carbocycles. The zero-order valence-corrected chi connectivity index (χ0v) is 9.87. The standard InChI is InChI=1S/C8H11ClF3NO2S/c9-3-6-16(14,15)13-4-1-7(2-5-13)8(10,11)12/h1H,2-6H2. The lowest BCUT2D eigenvalue weighted by atomic mass is 10.1. The van der Waals surface area contributed by atoms with Crippen LogP contribution in [0.25, 0.3) is 0 Å². The van der Waals surface area contributed by atoms with Gasteiger partial charge in [0.05, 0.1) is 5.75 Å². The summed E-state index contributed by atoms with van der Waals surface area (Å²) in [5.74, 6) is -0.307. The van der Waals surface area contributed by atoms with Gasteiger partial charge in [0.15, 0.2) is 0 Å². The molecule has 3 nitrogen and oxygen atoms in total. The first kappa shape index (κ1) is 13.8. The number of alkyl halides is 4. The van der Waals surface area contributed by atoms with E-state index in [9.17, 15) is 21.6 Å². The molecule has 0 unspecified atom stereocenters. The second-order valence-corrected chi connectivity index (χ2v) is 5.81. The fourth-order valence-electron chi connectivity index (χ4n) is 1.39. The van der Waals surface area contributed by atoms with Crippen molar-refractivity contribution < 1.29 is 21.6 Å². The first-order valence-corrected chi connectivity index (χ1v) is 6.72. The Morgan fingerprint density at radius 1 is 1.44 bits per heavy atom. The zero-order chi connectivity index (χ0) is 12.4. The maximum atomic E-state index is 12.3. The monoisotopic (exact) mass is 277 g/mol. The van der Waals surface area contributed by atoms with E-state index in [2.05, 4.69) is 0 Å².